The Morgan fingerprint density at radius 2 is 1.77 bits per heavy atom. The molecule has 138 valence electrons. The molecule has 1 saturated heterocycles. The highest BCUT2D eigenvalue weighted by Gasteiger charge is 2.27. The van der Waals surface area contributed by atoms with Gasteiger partial charge in [-0.15, -0.1) is 0 Å². The van der Waals surface area contributed by atoms with E-state index >= 15 is 0 Å². The van der Waals surface area contributed by atoms with E-state index in [9.17, 15) is 17.6 Å². The van der Waals surface area contributed by atoms with Crippen LogP contribution in [0.1, 0.15) is 15.9 Å². The maximum atomic E-state index is 13.0. The molecule has 0 amide bonds. The fourth-order valence-corrected chi connectivity index (χ4v) is 4.02. The maximum Gasteiger partial charge on any atom is 0.343 e. The molecule has 1 heterocycles. The van der Waals surface area contributed by atoms with Gasteiger partial charge in [-0.2, -0.15) is 4.31 Å². The minimum absolute atomic E-state index is 0.0241. The number of carbonyl (C=O) groups is 1. The minimum Gasteiger partial charge on any atom is -0.423 e. The highest BCUT2D eigenvalue weighted by Crippen LogP contribution is 2.22. The third-order valence-corrected chi connectivity index (χ3v) is 5.96. The number of esters is 1. The van der Waals surface area contributed by atoms with Crippen molar-refractivity contribution in [3.8, 4) is 5.75 Å². The molecule has 1 fully saturated rings. The van der Waals surface area contributed by atoms with Crippen LogP contribution in [-0.2, 0) is 14.8 Å². The molecule has 0 spiro atoms. The summed E-state index contributed by atoms with van der Waals surface area (Å²) in [5, 5.41) is 0. The van der Waals surface area contributed by atoms with E-state index in [1.54, 1.807) is 13.0 Å². The van der Waals surface area contributed by atoms with Gasteiger partial charge in [0.2, 0.25) is 10.0 Å². The van der Waals surface area contributed by atoms with Crippen molar-refractivity contribution < 1.29 is 27.1 Å². The summed E-state index contributed by atoms with van der Waals surface area (Å²) in [5.74, 6) is -0.968. The number of hydrogen-bond acceptors (Lipinski definition) is 5. The normalized spacial score (nSPS) is 15.6. The number of benzene rings is 2. The molecule has 26 heavy (non-hydrogen) atoms. The van der Waals surface area contributed by atoms with Gasteiger partial charge in [0.1, 0.15) is 11.6 Å². The highest BCUT2D eigenvalue weighted by molar-refractivity contribution is 7.89. The van der Waals surface area contributed by atoms with Crippen LogP contribution in [0.15, 0.2) is 47.4 Å². The van der Waals surface area contributed by atoms with Gasteiger partial charge in [-0.1, -0.05) is 6.07 Å². The number of hydrogen-bond donors (Lipinski definition) is 0. The van der Waals surface area contributed by atoms with Crippen LogP contribution in [0.2, 0.25) is 0 Å². The number of aryl methyl sites for hydroxylation is 1. The molecule has 8 heteroatoms. The minimum atomic E-state index is -3.72. The monoisotopic (exact) mass is 379 g/mol. The number of ether oxygens (including phenoxy) is 2. The zero-order valence-electron chi connectivity index (χ0n) is 14.1. The van der Waals surface area contributed by atoms with E-state index in [-0.39, 0.29) is 29.3 Å². The lowest BCUT2D eigenvalue weighted by atomic mass is 10.1. The molecule has 0 unspecified atom stereocenters. The van der Waals surface area contributed by atoms with Crippen LogP contribution in [0.5, 0.6) is 5.75 Å². The lowest BCUT2D eigenvalue weighted by Crippen LogP contribution is -2.40. The van der Waals surface area contributed by atoms with Crippen molar-refractivity contribution in [2.45, 2.75) is 11.8 Å². The third-order valence-electron chi connectivity index (χ3n) is 4.06. The first-order chi connectivity index (χ1) is 12.4. The number of sulfonamides is 1. The van der Waals surface area contributed by atoms with Crippen LogP contribution < -0.4 is 4.74 Å². The number of morpholine rings is 1. The fraction of sp³-hybridized carbons (Fsp3) is 0.278. The van der Waals surface area contributed by atoms with Crippen LogP contribution in [-0.4, -0.2) is 45.0 Å². The maximum absolute atomic E-state index is 13.0. The van der Waals surface area contributed by atoms with Gasteiger partial charge in [-0.05, 0) is 48.9 Å². The average molecular weight is 379 g/mol. The van der Waals surface area contributed by atoms with Gasteiger partial charge >= 0.3 is 5.97 Å². The molecular weight excluding hydrogens is 361 g/mol. The SMILES string of the molecule is Cc1ccc(S(=O)(=O)N2CCOCC2)cc1C(=O)Oc1ccc(F)cc1. The molecule has 0 bridgehead atoms. The Hall–Kier alpha value is -2.29. The fourth-order valence-electron chi connectivity index (χ4n) is 2.58. The van der Waals surface area contributed by atoms with Crippen molar-refractivity contribution in [3.63, 3.8) is 0 Å². The van der Waals surface area contributed by atoms with E-state index in [1.807, 2.05) is 0 Å². The Labute approximate surface area is 151 Å². The molecule has 2 aromatic rings. The summed E-state index contributed by atoms with van der Waals surface area (Å²) in [6.07, 6.45) is 0. The smallest absolute Gasteiger partial charge is 0.343 e. The number of rotatable bonds is 4. The first kappa shape index (κ1) is 18.5. The van der Waals surface area contributed by atoms with Gasteiger partial charge in [-0.25, -0.2) is 17.6 Å². The number of carbonyl (C=O) groups excluding carboxylic acids is 1. The van der Waals surface area contributed by atoms with Crippen LogP contribution in [0.4, 0.5) is 4.39 Å². The molecule has 1 aliphatic rings. The standard InChI is InChI=1S/C18H18FNO5S/c1-13-2-7-16(26(22,23)20-8-10-24-11-9-20)12-17(13)18(21)25-15-5-3-14(19)4-6-15/h2-7,12H,8-11H2,1H3. The average Bonchev–Trinajstić information content (AvgIpc) is 2.64. The summed E-state index contributed by atoms with van der Waals surface area (Å²) in [6, 6.07) is 9.35. The van der Waals surface area contributed by atoms with E-state index in [4.69, 9.17) is 9.47 Å². The lowest BCUT2D eigenvalue weighted by molar-refractivity contribution is 0.0727. The molecule has 0 saturated carbocycles. The largest absolute Gasteiger partial charge is 0.423 e. The van der Waals surface area contributed by atoms with Gasteiger partial charge < -0.3 is 9.47 Å². The van der Waals surface area contributed by atoms with Gasteiger partial charge in [0.25, 0.3) is 0 Å². The summed E-state index contributed by atoms with van der Waals surface area (Å²) in [4.78, 5) is 12.5. The van der Waals surface area contributed by atoms with E-state index in [1.165, 1.54) is 40.7 Å². The zero-order chi connectivity index (χ0) is 18.7. The zero-order valence-corrected chi connectivity index (χ0v) is 15.0. The topological polar surface area (TPSA) is 72.9 Å². The predicted molar refractivity (Wildman–Crippen MR) is 92.1 cm³/mol. The predicted octanol–water partition coefficient (Wildman–Crippen LogP) is 2.37. The van der Waals surface area contributed by atoms with Crippen molar-refractivity contribution >= 4 is 16.0 Å². The molecule has 6 nitrogen and oxygen atoms in total. The molecule has 0 aromatic heterocycles. The van der Waals surface area contributed by atoms with Crippen LogP contribution in [0.25, 0.3) is 0 Å². The molecule has 0 radical (unpaired) electrons. The summed E-state index contributed by atoms with van der Waals surface area (Å²) in [7, 11) is -3.72. The molecular formula is C18H18FNO5S. The number of halogens is 1. The highest BCUT2D eigenvalue weighted by atomic mass is 32.2. The number of nitrogens with zero attached hydrogens (tertiary/aromatic N) is 1. The van der Waals surface area contributed by atoms with E-state index < -0.39 is 21.8 Å². The van der Waals surface area contributed by atoms with Crippen molar-refractivity contribution in [1.82, 2.24) is 4.31 Å². The quantitative estimate of drug-likeness (QED) is 0.602. The molecule has 0 aliphatic carbocycles. The Balaban J connectivity index is 1.87. The first-order valence-corrected chi connectivity index (χ1v) is 9.48. The molecule has 0 atom stereocenters. The summed E-state index contributed by atoms with van der Waals surface area (Å²) in [6.45, 7) is 2.90. The summed E-state index contributed by atoms with van der Waals surface area (Å²) < 4.78 is 50.2. The first-order valence-electron chi connectivity index (χ1n) is 8.04. The van der Waals surface area contributed by atoms with Gasteiger partial charge in [0, 0.05) is 13.1 Å². The molecule has 2 aromatic carbocycles. The van der Waals surface area contributed by atoms with Gasteiger partial charge in [0.15, 0.2) is 0 Å². The Bertz CT molecular complexity index is 906. The Morgan fingerprint density at radius 1 is 1.12 bits per heavy atom. The van der Waals surface area contributed by atoms with Gasteiger partial charge in [0.05, 0.1) is 23.7 Å². The lowest BCUT2D eigenvalue weighted by Gasteiger charge is -2.26. The molecule has 0 N–H and O–H groups in total. The van der Waals surface area contributed by atoms with Crippen LogP contribution >= 0.6 is 0 Å². The van der Waals surface area contributed by atoms with Gasteiger partial charge in [-0.3, -0.25) is 0 Å². The third kappa shape index (κ3) is 3.92. The molecule has 3 rings (SSSR count). The Morgan fingerprint density at radius 3 is 2.42 bits per heavy atom. The second kappa shape index (κ2) is 7.53. The molecule has 1 aliphatic heterocycles. The van der Waals surface area contributed by atoms with Crippen molar-refractivity contribution in [3.05, 3.63) is 59.4 Å². The van der Waals surface area contributed by atoms with E-state index in [2.05, 4.69) is 0 Å². The van der Waals surface area contributed by atoms with Crippen molar-refractivity contribution in [2.24, 2.45) is 0 Å². The van der Waals surface area contributed by atoms with E-state index in [0.717, 1.165) is 0 Å². The van der Waals surface area contributed by atoms with Crippen LogP contribution in [0, 0.1) is 12.7 Å². The summed E-state index contributed by atoms with van der Waals surface area (Å²) >= 11 is 0. The van der Waals surface area contributed by atoms with E-state index in [0.29, 0.717) is 18.8 Å². The van der Waals surface area contributed by atoms with Crippen molar-refractivity contribution in [1.29, 1.82) is 0 Å². The summed E-state index contributed by atoms with van der Waals surface area (Å²) in [5.41, 5.74) is 0.724. The van der Waals surface area contributed by atoms with Crippen molar-refractivity contribution in [2.75, 3.05) is 26.3 Å². The Kier molecular flexibility index (Phi) is 5.36. The second-order valence-corrected chi connectivity index (χ2v) is 7.77. The van der Waals surface area contributed by atoms with Crippen LogP contribution in [0.3, 0.4) is 0 Å². The second-order valence-electron chi connectivity index (χ2n) is 5.84.